The summed E-state index contributed by atoms with van der Waals surface area (Å²) in [6.45, 7) is 8.17. The summed E-state index contributed by atoms with van der Waals surface area (Å²) in [6, 6.07) is 0. The van der Waals surface area contributed by atoms with E-state index in [-0.39, 0.29) is 5.78 Å². The van der Waals surface area contributed by atoms with E-state index in [2.05, 4.69) is 25.5 Å². The monoisotopic (exact) mass is 287 g/mol. The highest BCUT2D eigenvalue weighted by atomic mass is 16.1. The van der Waals surface area contributed by atoms with Gasteiger partial charge in [-0.25, -0.2) is 9.97 Å². The van der Waals surface area contributed by atoms with Crippen LogP contribution in [0.1, 0.15) is 46.3 Å². The summed E-state index contributed by atoms with van der Waals surface area (Å²) in [5, 5.41) is 10.4. The van der Waals surface area contributed by atoms with Crippen molar-refractivity contribution in [2.45, 2.75) is 40.5 Å². The minimum atomic E-state index is -0.00930. The molecule has 2 rings (SSSR count). The lowest BCUT2D eigenvalue weighted by Crippen LogP contribution is -2.09. The Balaban J connectivity index is 1.87. The van der Waals surface area contributed by atoms with Gasteiger partial charge < -0.3 is 5.32 Å². The molecule has 0 aromatic carbocycles. The molecular formula is C15H21N5O. The van der Waals surface area contributed by atoms with Crippen molar-refractivity contribution in [1.29, 1.82) is 0 Å². The molecule has 0 atom stereocenters. The van der Waals surface area contributed by atoms with Crippen LogP contribution in [0.3, 0.4) is 0 Å². The zero-order valence-electron chi connectivity index (χ0n) is 12.9. The Labute approximate surface area is 124 Å². The first-order valence-corrected chi connectivity index (χ1v) is 7.08. The van der Waals surface area contributed by atoms with Crippen LogP contribution >= 0.6 is 0 Å². The molecule has 112 valence electrons. The average Bonchev–Trinajstić information content (AvgIpc) is 2.74. The number of nitrogens with one attached hydrogen (secondary N) is 2. The summed E-state index contributed by atoms with van der Waals surface area (Å²) < 4.78 is 0. The molecule has 0 aliphatic heterocycles. The fraction of sp³-hybridized carbons (Fsp3) is 0.467. The molecular weight excluding hydrogens is 266 g/mol. The highest BCUT2D eigenvalue weighted by Crippen LogP contribution is 2.12. The van der Waals surface area contributed by atoms with Gasteiger partial charge in [0.05, 0.1) is 17.0 Å². The van der Waals surface area contributed by atoms with Gasteiger partial charge in [-0.15, -0.1) is 0 Å². The number of H-pyrrole nitrogens is 1. The number of nitrogens with zero attached hydrogens (tertiary/aromatic N) is 3. The number of hydrogen-bond donors (Lipinski definition) is 2. The van der Waals surface area contributed by atoms with Crippen LogP contribution in [0, 0.1) is 20.8 Å². The zero-order valence-corrected chi connectivity index (χ0v) is 12.9. The van der Waals surface area contributed by atoms with Crippen LogP contribution in [0.5, 0.6) is 0 Å². The molecule has 0 radical (unpaired) electrons. The molecule has 0 spiro atoms. The van der Waals surface area contributed by atoms with Gasteiger partial charge >= 0.3 is 0 Å². The molecule has 6 nitrogen and oxygen atoms in total. The van der Waals surface area contributed by atoms with Crippen molar-refractivity contribution in [3.05, 3.63) is 34.4 Å². The van der Waals surface area contributed by atoms with E-state index in [1.54, 1.807) is 6.20 Å². The number of aromatic nitrogens is 4. The maximum atomic E-state index is 11.3. The molecule has 0 aliphatic carbocycles. The molecule has 6 heteroatoms. The number of ketones is 1. The van der Waals surface area contributed by atoms with Gasteiger partial charge in [0.25, 0.3) is 0 Å². The van der Waals surface area contributed by atoms with Crippen LogP contribution in [0.25, 0.3) is 0 Å². The van der Waals surface area contributed by atoms with Gasteiger partial charge in [-0.3, -0.25) is 9.89 Å². The van der Waals surface area contributed by atoms with Crippen molar-refractivity contribution < 1.29 is 4.79 Å². The molecule has 0 aliphatic rings. The lowest BCUT2D eigenvalue weighted by atomic mass is 10.1. The largest absolute Gasteiger partial charge is 0.354 e. The Bertz CT molecular complexity index is 628. The molecule has 0 amide bonds. The summed E-state index contributed by atoms with van der Waals surface area (Å²) in [4.78, 5) is 19.8. The van der Waals surface area contributed by atoms with Gasteiger partial charge in [0.1, 0.15) is 0 Å². The van der Waals surface area contributed by atoms with Crippen LogP contribution < -0.4 is 5.32 Å². The molecule has 2 aromatic heterocycles. The van der Waals surface area contributed by atoms with Gasteiger partial charge in [0.15, 0.2) is 5.78 Å². The number of aryl methyl sites for hydroxylation is 3. The summed E-state index contributed by atoms with van der Waals surface area (Å²) in [5.41, 5.74) is 4.75. The maximum absolute atomic E-state index is 11.3. The number of carbonyl (C=O) groups is 1. The van der Waals surface area contributed by atoms with Crippen LogP contribution in [0.2, 0.25) is 0 Å². The predicted octanol–water partition coefficient (Wildman–Crippen LogP) is 2.37. The van der Waals surface area contributed by atoms with Gasteiger partial charge in [-0.2, -0.15) is 5.10 Å². The summed E-state index contributed by atoms with van der Waals surface area (Å²) >= 11 is 0. The molecule has 21 heavy (non-hydrogen) atoms. The molecule has 0 saturated heterocycles. The standard InChI is InChI=1S/C15H21N5O/c1-9-14(12(4)21)8-17-15(18-9)16-7-5-6-13-10(2)19-20-11(13)3/h8H,5-7H2,1-4H3,(H,19,20)(H,16,17,18). The predicted molar refractivity (Wildman–Crippen MR) is 81.6 cm³/mol. The van der Waals surface area contributed by atoms with E-state index in [0.29, 0.717) is 17.2 Å². The minimum absolute atomic E-state index is 0.00930. The number of hydrogen-bond acceptors (Lipinski definition) is 5. The summed E-state index contributed by atoms with van der Waals surface area (Å²) in [7, 11) is 0. The molecule has 0 fully saturated rings. The van der Waals surface area contributed by atoms with Crippen molar-refractivity contribution >= 4 is 11.7 Å². The average molecular weight is 287 g/mol. The Morgan fingerprint density at radius 3 is 2.62 bits per heavy atom. The highest BCUT2D eigenvalue weighted by Gasteiger charge is 2.08. The van der Waals surface area contributed by atoms with E-state index in [4.69, 9.17) is 0 Å². The molecule has 2 aromatic rings. The van der Waals surface area contributed by atoms with Gasteiger partial charge in [0.2, 0.25) is 5.95 Å². The molecule has 0 saturated carbocycles. The van der Waals surface area contributed by atoms with E-state index in [0.717, 1.165) is 30.8 Å². The Kier molecular flexibility index (Phi) is 4.67. The zero-order chi connectivity index (χ0) is 15.4. The van der Waals surface area contributed by atoms with Crippen molar-refractivity contribution in [1.82, 2.24) is 20.2 Å². The first kappa shape index (κ1) is 15.2. The van der Waals surface area contributed by atoms with Crippen LogP contribution in [-0.4, -0.2) is 32.5 Å². The third-order valence-electron chi connectivity index (χ3n) is 3.53. The Hall–Kier alpha value is -2.24. The second-order valence-corrected chi connectivity index (χ2v) is 5.19. The molecule has 0 bridgehead atoms. The lowest BCUT2D eigenvalue weighted by molar-refractivity contribution is 0.101. The van der Waals surface area contributed by atoms with Crippen molar-refractivity contribution in [2.75, 3.05) is 11.9 Å². The molecule has 2 N–H and O–H groups in total. The quantitative estimate of drug-likeness (QED) is 0.629. The lowest BCUT2D eigenvalue weighted by Gasteiger charge is -2.07. The summed E-state index contributed by atoms with van der Waals surface area (Å²) in [6.07, 6.45) is 3.52. The Morgan fingerprint density at radius 2 is 2.05 bits per heavy atom. The Morgan fingerprint density at radius 1 is 1.29 bits per heavy atom. The van der Waals surface area contributed by atoms with E-state index >= 15 is 0 Å². The second-order valence-electron chi connectivity index (χ2n) is 5.19. The third-order valence-corrected chi connectivity index (χ3v) is 3.53. The number of aromatic amines is 1. The first-order chi connectivity index (χ1) is 9.99. The topological polar surface area (TPSA) is 83.6 Å². The smallest absolute Gasteiger partial charge is 0.222 e. The number of carbonyl (C=O) groups excluding carboxylic acids is 1. The molecule has 0 unspecified atom stereocenters. The van der Waals surface area contributed by atoms with Crippen molar-refractivity contribution in [3.63, 3.8) is 0 Å². The second kappa shape index (κ2) is 6.47. The highest BCUT2D eigenvalue weighted by molar-refractivity contribution is 5.94. The van der Waals surface area contributed by atoms with Gasteiger partial charge in [-0.1, -0.05) is 0 Å². The van der Waals surface area contributed by atoms with E-state index in [1.165, 1.54) is 12.5 Å². The fourth-order valence-corrected chi connectivity index (χ4v) is 2.31. The fourth-order valence-electron chi connectivity index (χ4n) is 2.31. The van der Waals surface area contributed by atoms with E-state index in [9.17, 15) is 4.79 Å². The number of rotatable bonds is 6. The van der Waals surface area contributed by atoms with Gasteiger partial charge in [0, 0.05) is 18.4 Å². The normalized spacial score (nSPS) is 10.7. The summed E-state index contributed by atoms with van der Waals surface area (Å²) in [5.74, 6) is 0.558. The van der Waals surface area contributed by atoms with Crippen molar-refractivity contribution in [2.24, 2.45) is 0 Å². The van der Waals surface area contributed by atoms with Crippen LogP contribution in [0.15, 0.2) is 6.20 Å². The van der Waals surface area contributed by atoms with E-state index in [1.807, 2.05) is 20.8 Å². The van der Waals surface area contributed by atoms with Crippen LogP contribution in [0.4, 0.5) is 5.95 Å². The van der Waals surface area contributed by atoms with Crippen molar-refractivity contribution in [3.8, 4) is 0 Å². The van der Waals surface area contributed by atoms with E-state index < -0.39 is 0 Å². The SMILES string of the molecule is CC(=O)c1cnc(NCCCc2c(C)n[nH]c2C)nc1C. The third kappa shape index (κ3) is 3.65. The number of anilines is 1. The number of Topliss-reactive ketones (excluding diaryl/α,β-unsaturated/α-hetero) is 1. The molecule has 2 heterocycles. The van der Waals surface area contributed by atoms with Gasteiger partial charge in [-0.05, 0) is 46.1 Å². The maximum Gasteiger partial charge on any atom is 0.222 e. The van der Waals surface area contributed by atoms with Crippen LogP contribution in [-0.2, 0) is 6.42 Å². The minimum Gasteiger partial charge on any atom is -0.354 e. The first-order valence-electron chi connectivity index (χ1n) is 7.08.